The van der Waals surface area contributed by atoms with Crippen molar-refractivity contribution in [2.45, 2.75) is 38.8 Å². The lowest BCUT2D eigenvalue weighted by Gasteiger charge is -2.20. The molecule has 3 N–H and O–H groups in total. The second-order valence-corrected chi connectivity index (χ2v) is 5.52. The molecule has 0 aliphatic carbocycles. The quantitative estimate of drug-likeness (QED) is 0.690. The Morgan fingerprint density at radius 3 is 2.62 bits per heavy atom. The topological polar surface area (TPSA) is 99.2 Å². The van der Waals surface area contributed by atoms with Gasteiger partial charge in [-0.05, 0) is 12.3 Å². The Balaban J connectivity index is 2.73. The van der Waals surface area contributed by atoms with E-state index in [1.807, 2.05) is 20.9 Å². The number of esters is 1. The summed E-state index contributed by atoms with van der Waals surface area (Å²) >= 11 is 0. The number of imidazole rings is 1. The Morgan fingerprint density at radius 2 is 2.14 bits per heavy atom. The molecule has 1 rings (SSSR count). The molecule has 0 saturated heterocycles. The minimum Gasteiger partial charge on any atom is -0.467 e. The van der Waals surface area contributed by atoms with Gasteiger partial charge in [0.25, 0.3) is 0 Å². The van der Waals surface area contributed by atoms with Gasteiger partial charge >= 0.3 is 5.97 Å². The van der Waals surface area contributed by atoms with Gasteiger partial charge in [-0.15, -0.1) is 0 Å². The minimum absolute atomic E-state index is 0.305. The number of hydrogen-bond donors (Lipinski definition) is 2. The van der Waals surface area contributed by atoms with Gasteiger partial charge in [-0.3, -0.25) is 4.79 Å². The van der Waals surface area contributed by atoms with Crippen molar-refractivity contribution in [3.05, 3.63) is 18.2 Å². The van der Waals surface area contributed by atoms with Gasteiger partial charge in [0.15, 0.2) is 0 Å². The van der Waals surface area contributed by atoms with Crippen molar-refractivity contribution in [3.63, 3.8) is 0 Å². The van der Waals surface area contributed by atoms with Crippen molar-refractivity contribution in [3.8, 4) is 0 Å². The van der Waals surface area contributed by atoms with Crippen molar-refractivity contribution < 1.29 is 14.3 Å². The van der Waals surface area contributed by atoms with Gasteiger partial charge in [0.2, 0.25) is 5.91 Å². The number of nitrogens with one attached hydrogen (secondary N) is 1. The molecule has 0 aliphatic heterocycles. The van der Waals surface area contributed by atoms with E-state index in [-0.39, 0.29) is 5.91 Å². The summed E-state index contributed by atoms with van der Waals surface area (Å²) in [6.45, 7) is 3.97. The smallest absolute Gasteiger partial charge is 0.328 e. The Bertz CT molecular complexity index is 484. The highest BCUT2D eigenvalue weighted by Gasteiger charge is 2.25. The molecule has 2 atom stereocenters. The minimum atomic E-state index is -0.767. The molecule has 2 unspecified atom stereocenters. The van der Waals surface area contributed by atoms with Crippen molar-refractivity contribution in [2.24, 2.45) is 18.7 Å². The van der Waals surface area contributed by atoms with Gasteiger partial charge in [0, 0.05) is 25.4 Å². The van der Waals surface area contributed by atoms with E-state index < -0.39 is 18.1 Å². The first-order chi connectivity index (χ1) is 9.85. The molecule has 0 fully saturated rings. The molecule has 1 aromatic heterocycles. The zero-order valence-electron chi connectivity index (χ0n) is 13.0. The first-order valence-corrected chi connectivity index (χ1v) is 6.94. The number of carbonyl (C=O) groups excluding carboxylic acids is 2. The van der Waals surface area contributed by atoms with E-state index in [9.17, 15) is 9.59 Å². The summed E-state index contributed by atoms with van der Waals surface area (Å²) in [4.78, 5) is 27.9. The van der Waals surface area contributed by atoms with Crippen molar-refractivity contribution in [1.82, 2.24) is 14.9 Å². The Morgan fingerprint density at radius 1 is 1.48 bits per heavy atom. The summed E-state index contributed by atoms with van der Waals surface area (Å²) in [5.41, 5.74) is 6.65. The number of nitrogens with zero attached hydrogens (tertiary/aromatic N) is 2. The van der Waals surface area contributed by atoms with Crippen LogP contribution in [0.5, 0.6) is 0 Å². The molecular formula is C14H24N4O3. The molecule has 0 saturated carbocycles. The zero-order valence-corrected chi connectivity index (χ0v) is 13.0. The molecule has 0 aromatic carbocycles. The Kier molecular flexibility index (Phi) is 6.36. The van der Waals surface area contributed by atoms with Crippen molar-refractivity contribution >= 4 is 11.9 Å². The normalized spacial score (nSPS) is 13.8. The largest absolute Gasteiger partial charge is 0.467 e. The van der Waals surface area contributed by atoms with Crippen LogP contribution in [0.2, 0.25) is 0 Å². The number of amides is 1. The zero-order chi connectivity index (χ0) is 16.0. The average Bonchev–Trinajstić information content (AvgIpc) is 2.81. The average molecular weight is 296 g/mol. The summed E-state index contributed by atoms with van der Waals surface area (Å²) in [6, 6.07) is -1.40. The lowest BCUT2D eigenvalue weighted by atomic mass is 10.0. The summed E-state index contributed by atoms with van der Waals surface area (Å²) in [5, 5.41) is 2.66. The van der Waals surface area contributed by atoms with Crippen LogP contribution in [-0.4, -0.2) is 40.6 Å². The SMILES string of the molecule is COC(=O)C(Cc1cncn1C)NC(=O)C(N)CC(C)C. The van der Waals surface area contributed by atoms with Crippen LogP contribution in [0.25, 0.3) is 0 Å². The van der Waals surface area contributed by atoms with Crippen LogP contribution in [-0.2, 0) is 27.8 Å². The van der Waals surface area contributed by atoms with E-state index >= 15 is 0 Å². The lowest BCUT2D eigenvalue weighted by Crippen LogP contribution is -2.50. The molecule has 0 aliphatic rings. The lowest BCUT2D eigenvalue weighted by molar-refractivity contribution is -0.145. The fraction of sp³-hybridized carbons (Fsp3) is 0.643. The third kappa shape index (κ3) is 5.18. The number of aryl methyl sites for hydroxylation is 1. The number of carbonyl (C=O) groups is 2. The molecule has 1 aromatic rings. The summed E-state index contributed by atoms with van der Waals surface area (Å²) in [5.74, 6) is -0.540. The molecule has 0 bridgehead atoms. The summed E-state index contributed by atoms with van der Waals surface area (Å²) in [7, 11) is 3.11. The van der Waals surface area contributed by atoms with Crippen LogP contribution >= 0.6 is 0 Å². The third-order valence-corrected chi connectivity index (χ3v) is 3.19. The fourth-order valence-electron chi connectivity index (χ4n) is 2.02. The first-order valence-electron chi connectivity index (χ1n) is 6.94. The molecule has 1 heterocycles. The predicted octanol–water partition coefficient (Wildman–Crippen LogP) is -0.00620. The van der Waals surface area contributed by atoms with Crippen molar-refractivity contribution in [1.29, 1.82) is 0 Å². The number of aromatic nitrogens is 2. The van der Waals surface area contributed by atoms with Gasteiger partial charge in [-0.2, -0.15) is 0 Å². The van der Waals surface area contributed by atoms with Gasteiger partial charge in [0.1, 0.15) is 6.04 Å². The van der Waals surface area contributed by atoms with Gasteiger partial charge in [-0.25, -0.2) is 9.78 Å². The number of rotatable bonds is 7. The van der Waals surface area contributed by atoms with Crippen LogP contribution in [0.1, 0.15) is 26.0 Å². The highest BCUT2D eigenvalue weighted by molar-refractivity contribution is 5.87. The molecular weight excluding hydrogens is 272 g/mol. The number of hydrogen-bond acceptors (Lipinski definition) is 5. The summed E-state index contributed by atoms with van der Waals surface area (Å²) < 4.78 is 6.53. The molecule has 118 valence electrons. The van der Waals surface area contributed by atoms with Crippen LogP contribution in [0.15, 0.2) is 12.5 Å². The molecule has 0 radical (unpaired) electrons. The van der Waals surface area contributed by atoms with Crippen LogP contribution in [0, 0.1) is 5.92 Å². The Hall–Kier alpha value is -1.89. The van der Waals surface area contributed by atoms with E-state index in [1.54, 1.807) is 17.1 Å². The number of methoxy groups -OCH3 is 1. The van der Waals surface area contributed by atoms with Crippen LogP contribution < -0.4 is 11.1 Å². The van der Waals surface area contributed by atoms with Gasteiger partial charge in [0.05, 0.1) is 19.5 Å². The monoisotopic (exact) mass is 296 g/mol. The molecule has 7 nitrogen and oxygen atoms in total. The molecule has 1 amide bonds. The standard InChI is InChI=1S/C14H24N4O3/c1-9(2)5-11(15)13(19)17-12(14(20)21-4)6-10-7-16-8-18(10)3/h7-9,11-12H,5-6,15H2,1-4H3,(H,17,19). The van der Waals surface area contributed by atoms with E-state index in [1.165, 1.54) is 7.11 Å². The maximum Gasteiger partial charge on any atom is 0.328 e. The van der Waals surface area contributed by atoms with Gasteiger partial charge < -0.3 is 20.4 Å². The summed E-state index contributed by atoms with van der Waals surface area (Å²) in [6.07, 6.45) is 4.15. The molecule has 21 heavy (non-hydrogen) atoms. The van der Waals surface area contributed by atoms with Gasteiger partial charge in [-0.1, -0.05) is 13.8 Å². The fourth-order valence-corrected chi connectivity index (χ4v) is 2.02. The number of ether oxygens (including phenoxy) is 1. The van der Waals surface area contributed by atoms with E-state index in [0.717, 1.165) is 5.69 Å². The maximum absolute atomic E-state index is 12.1. The Labute approximate surface area is 124 Å². The predicted molar refractivity (Wildman–Crippen MR) is 78.3 cm³/mol. The molecule has 7 heteroatoms. The first kappa shape index (κ1) is 17.2. The van der Waals surface area contributed by atoms with E-state index in [4.69, 9.17) is 10.5 Å². The molecule has 0 spiro atoms. The van der Waals surface area contributed by atoms with Crippen molar-refractivity contribution in [2.75, 3.05) is 7.11 Å². The maximum atomic E-state index is 12.1. The third-order valence-electron chi connectivity index (χ3n) is 3.19. The van der Waals surface area contributed by atoms with E-state index in [2.05, 4.69) is 10.3 Å². The second kappa shape index (κ2) is 7.78. The van der Waals surface area contributed by atoms with Crippen LogP contribution in [0.3, 0.4) is 0 Å². The van der Waals surface area contributed by atoms with E-state index in [0.29, 0.717) is 18.8 Å². The highest BCUT2D eigenvalue weighted by atomic mass is 16.5. The highest BCUT2D eigenvalue weighted by Crippen LogP contribution is 2.06. The second-order valence-electron chi connectivity index (χ2n) is 5.52. The number of nitrogens with two attached hydrogens (primary N) is 1. The van der Waals surface area contributed by atoms with Crippen LogP contribution in [0.4, 0.5) is 0 Å².